The zero-order chi connectivity index (χ0) is 25.4. The monoisotopic (exact) mass is 457 g/mol. The lowest BCUT2D eigenvalue weighted by Gasteiger charge is -2.32. The molecule has 0 radical (unpaired) electrons. The van der Waals surface area contributed by atoms with Crippen LogP contribution in [0.1, 0.15) is 50.9 Å². The van der Waals surface area contributed by atoms with Gasteiger partial charge in [-0.15, -0.1) is 0 Å². The van der Waals surface area contributed by atoms with Gasteiger partial charge in [0, 0.05) is 44.8 Å². The van der Waals surface area contributed by atoms with Gasteiger partial charge in [-0.3, -0.25) is 9.59 Å². The van der Waals surface area contributed by atoms with Crippen LogP contribution in [0, 0.1) is 5.82 Å². The lowest BCUT2D eigenvalue weighted by Crippen LogP contribution is -2.50. The molecule has 8 nitrogen and oxygen atoms in total. The molecule has 32 heavy (non-hydrogen) atoms. The zero-order valence-electron chi connectivity index (χ0n) is 20.1. The summed E-state index contributed by atoms with van der Waals surface area (Å²) in [7, 11) is 2.01. The summed E-state index contributed by atoms with van der Waals surface area (Å²) in [5.41, 5.74) is 0.345. The minimum absolute atomic E-state index is 0.0279. The fraction of sp³-hybridized carbons (Fsp3) is 0.565. The Morgan fingerprint density at radius 2 is 1.53 bits per heavy atom. The first-order chi connectivity index (χ1) is 15.4. The van der Waals surface area contributed by atoms with E-state index in [0.717, 1.165) is 25.8 Å². The smallest absolute Gasteiger partial charge is 0.251 e. The highest BCUT2D eigenvalue weighted by atomic mass is 19.1. The van der Waals surface area contributed by atoms with Crippen LogP contribution in [-0.4, -0.2) is 86.2 Å². The van der Waals surface area contributed by atoms with Gasteiger partial charge in [0.15, 0.2) is 0 Å². The SMILES string of the molecule is C=O.CC.CCC=O.CCCO.CN1CCN(C(=O)CNC(=O)c2ccc(F)cc2)CC1. The number of nitrogens with one attached hydrogen (secondary N) is 1. The first-order valence-electron chi connectivity index (χ1n) is 10.7. The Hall–Kier alpha value is -2.65. The van der Waals surface area contributed by atoms with E-state index in [1.807, 2.05) is 41.5 Å². The van der Waals surface area contributed by atoms with E-state index in [2.05, 4.69) is 10.2 Å². The molecule has 0 atom stereocenters. The second-order valence-corrected chi connectivity index (χ2v) is 6.17. The van der Waals surface area contributed by atoms with Crippen molar-refractivity contribution in [1.29, 1.82) is 0 Å². The highest BCUT2D eigenvalue weighted by Gasteiger charge is 2.19. The molecule has 2 N–H and O–H groups in total. The maximum atomic E-state index is 12.7. The lowest BCUT2D eigenvalue weighted by atomic mass is 10.2. The van der Waals surface area contributed by atoms with Crippen molar-refractivity contribution < 1.29 is 28.7 Å². The van der Waals surface area contributed by atoms with Crippen molar-refractivity contribution in [3.05, 3.63) is 35.6 Å². The molecular weight excluding hydrogens is 417 g/mol. The van der Waals surface area contributed by atoms with E-state index < -0.39 is 5.82 Å². The summed E-state index contributed by atoms with van der Waals surface area (Å²) in [4.78, 5) is 44.8. The summed E-state index contributed by atoms with van der Waals surface area (Å²) in [5.74, 6) is -0.851. The molecule has 1 fully saturated rings. The number of rotatable bonds is 5. The largest absolute Gasteiger partial charge is 0.396 e. The molecule has 1 aromatic carbocycles. The Labute approximate surface area is 191 Å². The topological polar surface area (TPSA) is 107 Å². The van der Waals surface area contributed by atoms with Crippen molar-refractivity contribution in [3.8, 4) is 0 Å². The van der Waals surface area contributed by atoms with Crippen molar-refractivity contribution in [1.82, 2.24) is 15.1 Å². The van der Waals surface area contributed by atoms with Crippen LogP contribution in [0.4, 0.5) is 4.39 Å². The number of halogens is 1. The van der Waals surface area contributed by atoms with Gasteiger partial charge in [-0.2, -0.15) is 0 Å². The number of likely N-dealkylation sites (N-methyl/N-ethyl adjacent to an activating group) is 1. The molecule has 184 valence electrons. The predicted octanol–water partition coefficient (Wildman–Crippen LogP) is 2.15. The number of carbonyl (C=O) groups is 4. The average molecular weight is 458 g/mol. The molecule has 0 unspecified atom stereocenters. The predicted molar refractivity (Wildman–Crippen MR) is 125 cm³/mol. The van der Waals surface area contributed by atoms with E-state index in [-0.39, 0.29) is 18.4 Å². The average Bonchev–Trinajstić information content (AvgIpc) is 2.86. The third-order valence-corrected chi connectivity index (χ3v) is 3.75. The molecule has 0 saturated carbocycles. The van der Waals surface area contributed by atoms with Crippen LogP contribution in [0.3, 0.4) is 0 Å². The van der Waals surface area contributed by atoms with Crippen LogP contribution in [0.2, 0.25) is 0 Å². The highest BCUT2D eigenvalue weighted by Crippen LogP contribution is 2.03. The van der Waals surface area contributed by atoms with Gasteiger partial charge < -0.3 is 29.8 Å². The van der Waals surface area contributed by atoms with Crippen molar-refractivity contribution in [2.24, 2.45) is 0 Å². The molecule has 0 spiro atoms. The first-order valence-corrected chi connectivity index (χ1v) is 10.7. The molecule has 1 aromatic rings. The number of amides is 2. The minimum atomic E-state index is -0.393. The molecule has 0 bridgehead atoms. The molecule has 1 heterocycles. The molecule has 0 aliphatic carbocycles. The van der Waals surface area contributed by atoms with Crippen LogP contribution < -0.4 is 5.32 Å². The van der Waals surface area contributed by atoms with Crippen LogP contribution in [0.5, 0.6) is 0 Å². The van der Waals surface area contributed by atoms with Crippen LogP contribution >= 0.6 is 0 Å². The second-order valence-electron chi connectivity index (χ2n) is 6.17. The lowest BCUT2D eigenvalue weighted by molar-refractivity contribution is -0.131. The van der Waals surface area contributed by atoms with E-state index in [9.17, 15) is 18.8 Å². The number of aldehydes is 1. The highest BCUT2D eigenvalue weighted by molar-refractivity contribution is 5.96. The van der Waals surface area contributed by atoms with Crippen LogP contribution in [0.25, 0.3) is 0 Å². The summed E-state index contributed by atoms with van der Waals surface area (Å²) >= 11 is 0. The molecular formula is C23H40FN3O5. The summed E-state index contributed by atoms with van der Waals surface area (Å²) in [6.45, 7) is 13.1. The number of benzene rings is 1. The summed E-state index contributed by atoms with van der Waals surface area (Å²) in [5, 5.41) is 10.4. The van der Waals surface area contributed by atoms with Gasteiger partial charge in [-0.1, -0.05) is 27.7 Å². The maximum absolute atomic E-state index is 12.7. The van der Waals surface area contributed by atoms with E-state index in [1.165, 1.54) is 24.3 Å². The molecule has 2 rings (SSSR count). The van der Waals surface area contributed by atoms with Crippen molar-refractivity contribution in [2.75, 3.05) is 46.4 Å². The van der Waals surface area contributed by atoms with E-state index in [0.29, 0.717) is 31.7 Å². The molecule has 1 saturated heterocycles. The van der Waals surface area contributed by atoms with Gasteiger partial charge in [-0.05, 0) is 37.7 Å². The number of aliphatic hydroxyl groups is 1. The Morgan fingerprint density at radius 1 is 1.09 bits per heavy atom. The number of piperazine rings is 1. The Balaban J connectivity index is -0.000000589. The van der Waals surface area contributed by atoms with Crippen LogP contribution in [-0.2, 0) is 14.4 Å². The van der Waals surface area contributed by atoms with Gasteiger partial charge in [0.05, 0.1) is 6.54 Å². The fourth-order valence-electron chi connectivity index (χ4n) is 2.03. The second kappa shape index (κ2) is 24.6. The van der Waals surface area contributed by atoms with Crippen molar-refractivity contribution in [3.63, 3.8) is 0 Å². The summed E-state index contributed by atoms with van der Waals surface area (Å²) in [6, 6.07) is 5.23. The molecule has 9 heteroatoms. The van der Waals surface area contributed by atoms with Crippen molar-refractivity contribution in [2.45, 2.75) is 40.5 Å². The van der Waals surface area contributed by atoms with Gasteiger partial charge >= 0.3 is 0 Å². The summed E-state index contributed by atoms with van der Waals surface area (Å²) < 4.78 is 12.7. The number of hydrogen-bond donors (Lipinski definition) is 2. The van der Waals surface area contributed by atoms with Gasteiger partial charge in [0.1, 0.15) is 18.9 Å². The number of hydrogen-bond acceptors (Lipinski definition) is 6. The third kappa shape index (κ3) is 18.1. The number of carbonyl (C=O) groups excluding carboxylic acids is 4. The van der Waals surface area contributed by atoms with Gasteiger partial charge in [0.2, 0.25) is 5.91 Å². The Bertz CT molecular complexity index is 590. The number of aliphatic hydroxyl groups excluding tert-OH is 1. The summed E-state index contributed by atoms with van der Waals surface area (Å²) in [6.07, 6.45) is 2.39. The van der Waals surface area contributed by atoms with E-state index in [4.69, 9.17) is 9.90 Å². The van der Waals surface area contributed by atoms with Gasteiger partial charge in [-0.25, -0.2) is 4.39 Å². The van der Waals surface area contributed by atoms with Gasteiger partial charge in [0.25, 0.3) is 5.91 Å². The fourth-order valence-corrected chi connectivity index (χ4v) is 2.03. The number of nitrogens with zero attached hydrogens (tertiary/aromatic N) is 2. The van der Waals surface area contributed by atoms with Crippen LogP contribution in [0.15, 0.2) is 24.3 Å². The molecule has 2 amide bonds. The Kier molecular flexibility index (Phi) is 26.1. The zero-order valence-corrected chi connectivity index (χ0v) is 20.1. The minimum Gasteiger partial charge on any atom is -0.396 e. The third-order valence-electron chi connectivity index (χ3n) is 3.75. The molecule has 1 aliphatic heterocycles. The van der Waals surface area contributed by atoms with E-state index >= 15 is 0 Å². The van der Waals surface area contributed by atoms with E-state index in [1.54, 1.807) is 4.90 Å². The first kappa shape index (κ1) is 34.0. The van der Waals surface area contributed by atoms with Crippen molar-refractivity contribution >= 4 is 24.9 Å². The normalized spacial score (nSPS) is 12.0. The maximum Gasteiger partial charge on any atom is 0.251 e. The molecule has 0 aromatic heterocycles. The standard InChI is InChI=1S/C14H18FN3O2.C3H8O.C3H6O.C2H6.CH2O/c1-17-6-8-18(9-7-17)13(19)10-16-14(20)11-2-4-12(15)5-3-11;2*1-2-3-4;2*1-2/h2-5H,6-10H2,1H3,(H,16,20);4H,2-3H2,1H3;3H,2H2,1H3;1-2H3;1H2. The molecule has 1 aliphatic rings. The Morgan fingerprint density at radius 3 is 1.91 bits per heavy atom. The quantitative estimate of drug-likeness (QED) is 0.656.